The number of hydrogen-bond acceptors (Lipinski definition) is 5. The van der Waals surface area contributed by atoms with Crippen LogP contribution in [0.15, 0.2) is 4.52 Å². The molecule has 0 bridgehead atoms. The van der Waals surface area contributed by atoms with Crippen molar-refractivity contribution in [3.8, 4) is 0 Å². The van der Waals surface area contributed by atoms with E-state index in [-0.39, 0.29) is 0 Å². The molecule has 1 fully saturated rings. The van der Waals surface area contributed by atoms with Crippen LogP contribution in [-0.4, -0.2) is 48.8 Å². The van der Waals surface area contributed by atoms with Gasteiger partial charge in [-0.05, 0) is 14.1 Å². The Morgan fingerprint density at radius 2 is 2.29 bits per heavy atom. The van der Waals surface area contributed by atoms with Crippen LogP contribution in [0.4, 0.5) is 0 Å². The van der Waals surface area contributed by atoms with Gasteiger partial charge in [0.2, 0.25) is 5.89 Å². The fourth-order valence-corrected chi connectivity index (χ4v) is 1.32. The van der Waals surface area contributed by atoms with Crippen molar-refractivity contribution in [3.05, 3.63) is 11.7 Å². The Morgan fingerprint density at radius 1 is 1.50 bits per heavy atom. The lowest BCUT2D eigenvalue weighted by Gasteiger charge is -2.22. The summed E-state index contributed by atoms with van der Waals surface area (Å²) in [7, 11) is 4.08. The van der Waals surface area contributed by atoms with E-state index in [4.69, 9.17) is 4.52 Å². The second-order valence-electron chi connectivity index (χ2n) is 3.96. The molecule has 0 unspecified atom stereocenters. The van der Waals surface area contributed by atoms with E-state index >= 15 is 0 Å². The summed E-state index contributed by atoms with van der Waals surface area (Å²) in [5, 5.41) is 7.13. The summed E-state index contributed by atoms with van der Waals surface area (Å²) in [4.78, 5) is 6.47. The molecule has 1 N–H and O–H groups in total. The van der Waals surface area contributed by atoms with Crippen LogP contribution in [0.5, 0.6) is 0 Å². The second kappa shape index (κ2) is 4.06. The Labute approximate surface area is 83.5 Å². The molecule has 0 saturated carbocycles. The van der Waals surface area contributed by atoms with Crippen molar-refractivity contribution in [3.63, 3.8) is 0 Å². The molecule has 5 heteroatoms. The summed E-state index contributed by atoms with van der Waals surface area (Å²) in [6.45, 7) is 2.90. The lowest BCUT2D eigenvalue weighted by Crippen LogP contribution is -2.40. The lowest BCUT2D eigenvalue weighted by molar-refractivity contribution is 0.305. The second-order valence-corrected chi connectivity index (χ2v) is 3.96. The number of rotatable bonds is 4. The molecule has 78 valence electrons. The third kappa shape index (κ3) is 2.10. The van der Waals surface area contributed by atoms with Crippen molar-refractivity contribution in [1.82, 2.24) is 20.4 Å². The topological polar surface area (TPSA) is 54.2 Å². The molecule has 0 amide bonds. The van der Waals surface area contributed by atoms with Gasteiger partial charge in [-0.2, -0.15) is 4.98 Å². The van der Waals surface area contributed by atoms with Gasteiger partial charge in [-0.1, -0.05) is 5.16 Å². The van der Waals surface area contributed by atoms with Gasteiger partial charge in [0.15, 0.2) is 5.82 Å². The molecular formula is C9H16N4O. The summed E-state index contributed by atoms with van der Waals surface area (Å²) < 4.78 is 5.18. The highest BCUT2D eigenvalue weighted by molar-refractivity contribution is 5.00. The standard InChI is InChI=1S/C9H16N4O/c1-13(2)4-3-8-11-9(14-12-8)7-5-10-6-7/h7,10H,3-6H2,1-2H3. The Hall–Kier alpha value is -0.940. The van der Waals surface area contributed by atoms with Crippen LogP contribution in [0, 0.1) is 0 Å². The first kappa shape index (κ1) is 9.61. The highest BCUT2D eigenvalue weighted by Crippen LogP contribution is 2.17. The van der Waals surface area contributed by atoms with Gasteiger partial charge in [0.25, 0.3) is 0 Å². The van der Waals surface area contributed by atoms with E-state index in [9.17, 15) is 0 Å². The Bertz CT molecular complexity index is 293. The zero-order valence-electron chi connectivity index (χ0n) is 8.66. The molecule has 5 nitrogen and oxygen atoms in total. The van der Waals surface area contributed by atoms with Crippen molar-refractivity contribution in [2.75, 3.05) is 33.7 Å². The smallest absolute Gasteiger partial charge is 0.232 e. The SMILES string of the molecule is CN(C)CCc1noc(C2CNC2)n1. The Morgan fingerprint density at radius 3 is 2.86 bits per heavy atom. The lowest BCUT2D eigenvalue weighted by atomic mass is 10.0. The Kier molecular flexibility index (Phi) is 2.79. The summed E-state index contributed by atoms with van der Waals surface area (Å²) in [5.74, 6) is 2.05. The molecule has 1 aliphatic rings. The van der Waals surface area contributed by atoms with E-state index in [0.717, 1.165) is 37.8 Å². The summed E-state index contributed by atoms with van der Waals surface area (Å²) in [6.07, 6.45) is 0.858. The molecule has 2 rings (SSSR count). The van der Waals surface area contributed by atoms with Crippen molar-refractivity contribution >= 4 is 0 Å². The summed E-state index contributed by atoms with van der Waals surface area (Å²) >= 11 is 0. The average molecular weight is 196 g/mol. The third-order valence-electron chi connectivity index (χ3n) is 2.40. The first-order valence-corrected chi connectivity index (χ1v) is 4.93. The van der Waals surface area contributed by atoms with Crippen LogP contribution in [-0.2, 0) is 6.42 Å². The van der Waals surface area contributed by atoms with Gasteiger partial charge in [-0.25, -0.2) is 0 Å². The summed E-state index contributed by atoms with van der Waals surface area (Å²) in [5.41, 5.74) is 0. The maximum atomic E-state index is 5.18. The van der Waals surface area contributed by atoms with Crippen molar-refractivity contribution in [1.29, 1.82) is 0 Å². The van der Waals surface area contributed by atoms with Crippen molar-refractivity contribution in [2.45, 2.75) is 12.3 Å². The molecule has 1 aromatic rings. The fraction of sp³-hybridized carbons (Fsp3) is 0.778. The molecular weight excluding hydrogens is 180 g/mol. The molecule has 0 spiro atoms. The molecule has 0 aliphatic carbocycles. The van der Waals surface area contributed by atoms with Crippen LogP contribution in [0.2, 0.25) is 0 Å². The molecule has 0 aromatic carbocycles. The predicted molar refractivity (Wildman–Crippen MR) is 52.2 cm³/mol. The normalized spacial score (nSPS) is 17.4. The molecule has 14 heavy (non-hydrogen) atoms. The van der Waals surface area contributed by atoms with E-state index in [2.05, 4.69) is 20.4 Å². The van der Waals surface area contributed by atoms with Gasteiger partial charge in [-0.3, -0.25) is 0 Å². The average Bonchev–Trinajstić information content (AvgIpc) is 2.46. The number of aromatic nitrogens is 2. The van der Waals surface area contributed by atoms with E-state index in [1.54, 1.807) is 0 Å². The minimum atomic E-state index is 0.440. The van der Waals surface area contributed by atoms with Crippen LogP contribution in [0.1, 0.15) is 17.6 Å². The molecule has 0 atom stereocenters. The van der Waals surface area contributed by atoms with Crippen LogP contribution < -0.4 is 5.32 Å². The minimum Gasteiger partial charge on any atom is -0.339 e. The maximum Gasteiger partial charge on any atom is 0.232 e. The van der Waals surface area contributed by atoms with E-state index in [1.165, 1.54) is 0 Å². The van der Waals surface area contributed by atoms with Crippen LogP contribution >= 0.6 is 0 Å². The number of hydrogen-bond donors (Lipinski definition) is 1. The van der Waals surface area contributed by atoms with Crippen LogP contribution in [0.3, 0.4) is 0 Å². The predicted octanol–water partition coefficient (Wildman–Crippen LogP) is -0.140. The Balaban J connectivity index is 1.89. The van der Waals surface area contributed by atoms with Gasteiger partial charge in [-0.15, -0.1) is 0 Å². The van der Waals surface area contributed by atoms with E-state index < -0.39 is 0 Å². The monoisotopic (exact) mass is 196 g/mol. The molecule has 0 radical (unpaired) electrons. The van der Waals surface area contributed by atoms with Gasteiger partial charge >= 0.3 is 0 Å². The summed E-state index contributed by atoms with van der Waals surface area (Å²) in [6, 6.07) is 0. The minimum absolute atomic E-state index is 0.440. The molecule has 1 aromatic heterocycles. The van der Waals surface area contributed by atoms with Crippen molar-refractivity contribution in [2.24, 2.45) is 0 Å². The maximum absolute atomic E-state index is 5.18. The van der Waals surface area contributed by atoms with Gasteiger partial charge in [0.05, 0.1) is 5.92 Å². The highest BCUT2D eigenvalue weighted by atomic mass is 16.5. The van der Waals surface area contributed by atoms with E-state index in [0.29, 0.717) is 5.92 Å². The number of likely N-dealkylation sites (N-methyl/N-ethyl adjacent to an activating group) is 1. The first-order valence-electron chi connectivity index (χ1n) is 4.93. The van der Waals surface area contributed by atoms with Crippen molar-refractivity contribution < 1.29 is 4.52 Å². The highest BCUT2D eigenvalue weighted by Gasteiger charge is 2.24. The van der Waals surface area contributed by atoms with Crippen LogP contribution in [0.25, 0.3) is 0 Å². The zero-order chi connectivity index (χ0) is 9.97. The number of nitrogens with zero attached hydrogens (tertiary/aromatic N) is 3. The third-order valence-corrected chi connectivity index (χ3v) is 2.40. The largest absolute Gasteiger partial charge is 0.339 e. The molecule has 2 heterocycles. The van der Waals surface area contributed by atoms with Gasteiger partial charge in [0, 0.05) is 26.1 Å². The molecule has 1 aliphatic heterocycles. The van der Waals surface area contributed by atoms with Gasteiger partial charge < -0.3 is 14.7 Å². The first-order chi connectivity index (χ1) is 6.75. The van der Waals surface area contributed by atoms with Gasteiger partial charge in [0.1, 0.15) is 0 Å². The number of nitrogens with one attached hydrogen (secondary N) is 1. The quantitative estimate of drug-likeness (QED) is 0.726. The zero-order valence-corrected chi connectivity index (χ0v) is 8.66. The van der Waals surface area contributed by atoms with E-state index in [1.807, 2.05) is 14.1 Å². The molecule has 1 saturated heterocycles. The fourth-order valence-electron chi connectivity index (χ4n) is 1.32.